The number of ether oxygens (including phenoxy) is 1. The first-order chi connectivity index (χ1) is 11.8. The van der Waals surface area contributed by atoms with E-state index in [0.29, 0.717) is 24.8 Å². The molecule has 1 aliphatic rings. The second-order valence-electron chi connectivity index (χ2n) is 7.99. The first-order valence-electron chi connectivity index (χ1n) is 8.85. The smallest absolute Gasteiger partial charge is 0.241 e. The van der Waals surface area contributed by atoms with Crippen LogP contribution in [-0.2, 0) is 16.0 Å². The summed E-state index contributed by atoms with van der Waals surface area (Å²) in [4.78, 5) is 17.0. The van der Waals surface area contributed by atoms with Crippen molar-refractivity contribution in [2.24, 2.45) is 17.1 Å². The number of amides is 1. The summed E-state index contributed by atoms with van der Waals surface area (Å²) in [5.74, 6) is 0.720. The molecule has 1 fully saturated rings. The van der Waals surface area contributed by atoms with Crippen molar-refractivity contribution in [3.8, 4) is 0 Å². The molecule has 1 saturated heterocycles. The molecule has 1 amide bonds. The van der Waals surface area contributed by atoms with Gasteiger partial charge in [-0.05, 0) is 42.4 Å². The van der Waals surface area contributed by atoms with Gasteiger partial charge in [-0.3, -0.25) is 4.79 Å². The highest BCUT2D eigenvalue weighted by Crippen LogP contribution is 2.25. The Morgan fingerprint density at radius 2 is 2.04 bits per heavy atom. The highest BCUT2D eigenvalue weighted by atomic mass is 35.5. The van der Waals surface area contributed by atoms with Crippen molar-refractivity contribution in [2.75, 3.05) is 18.5 Å². The number of carbonyl (C=O) groups is 1. The maximum Gasteiger partial charge on any atom is 0.241 e. The normalized spacial score (nSPS) is 16.9. The Labute approximate surface area is 160 Å². The van der Waals surface area contributed by atoms with Gasteiger partial charge < -0.3 is 20.2 Å². The number of rotatable bonds is 4. The highest BCUT2D eigenvalue weighted by molar-refractivity contribution is 5.96. The first kappa shape index (κ1) is 20.7. The number of anilines is 1. The molecule has 2 heterocycles. The summed E-state index contributed by atoms with van der Waals surface area (Å²) < 4.78 is 11.1. The molecule has 144 valence electrons. The van der Waals surface area contributed by atoms with Crippen molar-refractivity contribution in [1.29, 1.82) is 0 Å². The monoisotopic (exact) mass is 381 g/mol. The molecular formula is C19H28ClN3O3. The van der Waals surface area contributed by atoms with Crippen LogP contribution in [0.5, 0.6) is 0 Å². The highest BCUT2D eigenvalue weighted by Gasteiger charge is 2.26. The van der Waals surface area contributed by atoms with Crippen molar-refractivity contribution in [1.82, 2.24) is 4.98 Å². The number of benzene rings is 1. The van der Waals surface area contributed by atoms with Crippen LogP contribution in [0.3, 0.4) is 0 Å². The number of aromatic nitrogens is 1. The molecule has 0 bridgehead atoms. The molecule has 6 nitrogen and oxygen atoms in total. The number of fused-ring (bicyclic) bond motifs is 1. The topological polar surface area (TPSA) is 90.4 Å². The summed E-state index contributed by atoms with van der Waals surface area (Å²) >= 11 is 0. The van der Waals surface area contributed by atoms with E-state index < -0.39 is 6.04 Å². The van der Waals surface area contributed by atoms with Gasteiger partial charge in [-0.25, -0.2) is 4.98 Å². The predicted molar refractivity (Wildman–Crippen MR) is 105 cm³/mol. The van der Waals surface area contributed by atoms with Gasteiger partial charge in [0.1, 0.15) is 5.52 Å². The quantitative estimate of drug-likeness (QED) is 0.845. The maximum atomic E-state index is 12.4. The number of oxazole rings is 1. The number of hydrogen-bond donors (Lipinski definition) is 2. The van der Waals surface area contributed by atoms with Crippen molar-refractivity contribution in [3.05, 3.63) is 24.1 Å². The predicted octanol–water partition coefficient (Wildman–Crippen LogP) is 3.53. The van der Waals surface area contributed by atoms with Crippen LogP contribution < -0.4 is 11.1 Å². The molecule has 3 rings (SSSR count). The van der Waals surface area contributed by atoms with Crippen LogP contribution in [0.1, 0.15) is 39.5 Å². The molecule has 1 aliphatic heterocycles. The molecule has 1 aromatic heterocycles. The SMILES string of the molecule is CC(C)(C)Cc1nc2cc(NC(=O)C(N)C3CCOCC3)ccc2o1.Cl. The first-order valence-corrected chi connectivity index (χ1v) is 8.85. The number of nitrogens with zero attached hydrogens (tertiary/aromatic N) is 1. The van der Waals surface area contributed by atoms with E-state index in [0.717, 1.165) is 30.4 Å². The molecule has 2 aromatic rings. The standard InChI is InChI=1S/C19H27N3O3.ClH/c1-19(2,3)11-16-22-14-10-13(4-5-15(14)25-16)21-18(23)17(20)12-6-8-24-9-7-12;/h4-5,10,12,17H,6-9,11,20H2,1-3H3,(H,21,23);1H. The molecule has 0 spiro atoms. The number of nitrogens with one attached hydrogen (secondary N) is 1. The lowest BCUT2D eigenvalue weighted by Gasteiger charge is -2.26. The molecule has 0 radical (unpaired) electrons. The molecule has 7 heteroatoms. The zero-order chi connectivity index (χ0) is 18.0. The third kappa shape index (κ3) is 5.19. The zero-order valence-corrected chi connectivity index (χ0v) is 16.4. The van der Waals surface area contributed by atoms with Crippen LogP contribution in [0, 0.1) is 11.3 Å². The molecule has 3 N–H and O–H groups in total. The summed E-state index contributed by atoms with van der Waals surface area (Å²) in [7, 11) is 0. The van der Waals surface area contributed by atoms with E-state index in [-0.39, 0.29) is 29.6 Å². The largest absolute Gasteiger partial charge is 0.441 e. The van der Waals surface area contributed by atoms with Crippen LogP contribution in [0.4, 0.5) is 5.69 Å². The zero-order valence-electron chi connectivity index (χ0n) is 15.6. The van der Waals surface area contributed by atoms with Gasteiger partial charge in [0, 0.05) is 25.3 Å². The number of hydrogen-bond acceptors (Lipinski definition) is 5. The summed E-state index contributed by atoms with van der Waals surface area (Å²) in [5.41, 5.74) is 8.39. The molecule has 26 heavy (non-hydrogen) atoms. The van der Waals surface area contributed by atoms with Crippen molar-refractivity contribution < 1.29 is 13.9 Å². The average Bonchev–Trinajstić information content (AvgIpc) is 2.94. The number of halogens is 1. The lowest BCUT2D eigenvalue weighted by molar-refractivity contribution is -0.119. The van der Waals surface area contributed by atoms with E-state index in [2.05, 4.69) is 31.1 Å². The van der Waals surface area contributed by atoms with Crippen LogP contribution >= 0.6 is 12.4 Å². The van der Waals surface area contributed by atoms with Gasteiger partial charge in [-0.15, -0.1) is 12.4 Å². The van der Waals surface area contributed by atoms with Gasteiger partial charge in [-0.2, -0.15) is 0 Å². The van der Waals surface area contributed by atoms with E-state index >= 15 is 0 Å². The Morgan fingerprint density at radius 1 is 1.35 bits per heavy atom. The maximum absolute atomic E-state index is 12.4. The summed E-state index contributed by atoms with van der Waals surface area (Å²) in [6.07, 6.45) is 2.41. The van der Waals surface area contributed by atoms with E-state index in [4.69, 9.17) is 14.9 Å². The lowest BCUT2D eigenvalue weighted by Crippen LogP contribution is -2.43. The molecule has 1 atom stereocenters. The van der Waals surface area contributed by atoms with Gasteiger partial charge in [0.2, 0.25) is 5.91 Å². The van der Waals surface area contributed by atoms with E-state index in [1.807, 2.05) is 18.2 Å². The van der Waals surface area contributed by atoms with Gasteiger partial charge in [-0.1, -0.05) is 20.8 Å². The van der Waals surface area contributed by atoms with Gasteiger partial charge in [0.05, 0.1) is 6.04 Å². The van der Waals surface area contributed by atoms with Crippen LogP contribution in [0.25, 0.3) is 11.1 Å². The summed E-state index contributed by atoms with van der Waals surface area (Å²) in [6.45, 7) is 7.78. The van der Waals surface area contributed by atoms with Crippen molar-refractivity contribution in [2.45, 2.75) is 46.1 Å². The fraction of sp³-hybridized carbons (Fsp3) is 0.579. The molecule has 0 aliphatic carbocycles. The van der Waals surface area contributed by atoms with Gasteiger partial charge in [0.15, 0.2) is 11.5 Å². The fourth-order valence-corrected chi connectivity index (χ4v) is 3.10. The van der Waals surface area contributed by atoms with Crippen LogP contribution in [0.2, 0.25) is 0 Å². The lowest BCUT2D eigenvalue weighted by atomic mass is 9.92. The Hall–Kier alpha value is -1.63. The van der Waals surface area contributed by atoms with Crippen molar-refractivity contribution >= 4 is 35.1 Å². The Kier molecular flexibility index (Phi) is 6.66. The minimum atomic E-state index is -0.520. The minimum absolute atomic E-state index is 0. The third-order valence-electron chi connectivity index (χ3n) is 4.46. The molecule has 1 unspecified atom stereocenters. The summed E-state index contributed by atoms with van der Waals surface area (Å²) in [5, 5.41) is 2.90. The van der Waals surface area contributed by atoms with Gasteiger partial charge in [0.25, 0.3) is 0 Å². The van der Waals surface area contributed by atoms with Crippen molar-refractivity contribution in [3.63, 3.8) is 0 Å². The van der Waals surface area contributed by atoms with Crippen LogP contribution in [0.15, 0.2) is 22.6 Å². The third-order valence-corrected chi connectivity index (χ3v) is 4.46. The second-order valence-corrected chi connectivity index (χ2v) is 7.99. The Morgan fingerprint density at radius 3 is 2.69 bits per heavy atom. The Balaban J connectivity index is 0.00000243. The molecule has 0 saturated carbocycles. The summed E-state index contributed by atoms with van der Waals surface area (Å²) in [6, 6.07) is 4.97. The fourth-order valence-electron chi connectivity index (χ4n) is 3.10. The molecular weight excluding hydrogens is 354 g/mol. The van der Waals surface area contributed by atoms with E-state index in [9.17, 15) is 4.79 Å². The minimum Gasteiger partial charge on any atom is -0.441 e. The van der Waals surface area contributed by atoms with Crippen LogP contribution in [-0.4, -0.2) is 30.1 Å². The number of carbonyl (C=O) groups excluding carboxylic acids is 1. The van der Waals surface area contributed by atoms with E-state index in [1.54, 1.807) is 0 Å². The average molecular weight is 382 g/mol. The number of nitrogens with two attached hydrogens (primary N) is 1. The Bertz CT molecular complexity index is 748. The molecule has 1 aromatic carbocycles. The second kappa shape index (κ2) is 8.37. The van der Waals surface area contributed by atoms with Gasteiger partial charge >= 0.3 is 0 Å². The van der Waals surface area contributed by atoms with E-state index in [1.165, 1.54) is 0 Å².